The molecule has 2 bridgehead atoms. The Hall–Kier alpha value is -0.530. The summed E-state index contributed by atoms with van der Waals surface area (Å²) in [6, 6.07) is 0. The van der Waals surface area contributed by atoms with Gasteiger partial charge in [-0.05, 0) is 37.5 Å². The molecule has 0 spiro atoms. The Bertz CT molecular complexity index is 188. The molecule has 12 heavy (non-hydrogen) atoms. The average molecular weight is 168 g/mol. The van der Waals surface area contributed by atoms with Gasteiger partial charge in [-0.2, -0.15) is 0 Å². The SMILES string of the molecule is CC(=O)O[C@H]1CC[C@H]2CC[C@@H]1C2. The van der Waals surface area contributed by atoms with Crippen LogP contribution in [0.5, 0.6) is 0 Å². The predicted molar refractivity (Wildman–Crippen MR) is 45.6 cm³/mol. The molecule has 0 N–H and O–H groups in total. The normalized spacial score (nSPS) is 39.6. The van der Waals surface area contributed by atoms with Crippen molar-refractivity contribution in [3.8, 4) is 0 Å². The molecular formula is C10H16O2. The van der Waals surface area contributed by atoms with Crippen molar-refractivity contribution >= 4 is 5.97 Å². The highest BCUT2D eigenvalue weighted by molar-refractivity contribution is 5.66. The van der Waals surface area contributed by atoms with Crippen LogP contribution in [0.1, 0.15) is 39.0 Å². The Labute approximate surface area is 73.3 Å². The van der Waals surface area contributed by atoms with Gasteiger partial charge in [0.1, 0.15) is 6.10 Å². The van der Waals surface area contributed by atoms with E-state index in [0.29, 0.717) is 5.92 Å². The minimum absolute atomic E-state index is 0.106. The lowest BCUT2D eigenvalue weighted by molar-refractivity contribution is -0.150. The van der Waals surface area contributed by atoms with E-state index in [-0.39, 0.29) is 12.1 Å². The summed E-state index contributed by atoms with van der Waals surface area (Å²) in [5.41, 5.74) is 0. The zero-order valence-corrected chi connectivity index (χ0v) is 7.58. The van der Waals surface area contributed by atoms with Crippen LogP contribution in [0, 0.1) is 11.8 Å². The Morgan fingerprint density at radius 1 is 1.25 bits per heavy atom. The van der Waals surface area contributed by atoms with Crippen LogP contribution in [-0.4, -0.2) is 12.1 Å². The fourth-order valence-corrected chi connectivity index (χ4v) is 2.72. The molecule has 0 saturated heterocycles. The van der Waals surface area contributed by atoms with Crippen molar-refractivity contribution < 1.29 is 9.53 Å². The fourth-order valence-electron chi connectivity index (χ4n) is 2.72. The minimum Gasteiger partial charge on any atom is -0.462 e. The smallest absolute Gasteiger partial charge is 0.302 e. The summed E-state index contributed by atoms with van der Waals surface area (Å²) in [6.07, 6.45) is 6.58. The van der Waals surface area contributed by atoms with E-state index in [1.165, 1.54) is 32.6 Å². The van der Waals surface area contributed by atoms with Gasteiger partial charge in [-0.25, -0.2) is 0 Å². The van der Waals surface area contributed by atoms with E-state index in [1.807, 2.05) is 0 Å². The lowest BCUT2D eigenvalue weighted by Gasteiger charge is -2.27. The van der Waals surface area contributed by atoms with Crippen LogP contribution in [0.2, 0.25) is 0 Å². The maximum absolute atomic E-state index is 10.8. The number of fused-ring (bicyclic) bond motifs is 2. The minimum atomic E-state index is -0.106. The van der Waals surface area contributed by atoms with Crippen LogP contribution in [0.4, 0.5) is 0 Å². The molecule has 0 aromatic heterocycles. The zero-order chi connectivity index (χ0) is 8.55. The van der Waals surface area contributed by atoms with Gasteiger partial charge in [0.2, 0.25) is 0 Å². The third kappa shape index (κ3) is 1.47. The molecule has 2 aliphatic carbocycles. The van der Waals surface area contributed by atoms with Crippen molar-refractivity contribution in [3.63, 3.8) is 0 Å². The average Bonchev–Trinajstić information content (AvgIpc) is 2.39. The first-order valence-corrected chi connectivity index (χ1v) is 4.93. The van der Waals surface area contributed by atoms with Gasteiger partial charge in [0, 0.05) is 6.92 Å². The monoisotopic (exact) mass is 168 g/mol. The molecule has 2 fully saturated rings. The number of carbonyl (C=O) groups excluding carboxylic acids is 1. The molecule has 0 heterocycles. The lowest BCUT2D eigenvalue weighted by Crippen LogP contribution is -2.27. The van der Waals surface area contributed by atoms with Gasteiger partial charge >= 0.3 is 5.97 Å². The number of hydrogen-bond acceptors (Lipinski definition) is 2. The number of esters is 1. The number of hydrogen-bond donors (Lipinski definition) is 0. The fraction of sp³-hybridized carbons (Fsp3) is 0.900. The highest BCUT2D eigenvalue weighted by Gasteiger charge is 2.37. The van der Waals surface area contributed by atoms with Gasteiger partial charge < -0.3 is 4.74 Å². The molecule has 0 aliphatic heterocycles. The molecule has 2 aliphatic rings. The quantitative estimate of drug-likeness (QED) is 0.561. The molecule has 0 radical (unpaired) electrons. The van der Waals surface area contributed by atoms with Crippen molar-refractivity contribution in [2.45, 2.75) is 45.1 Å². The molecule has 68 valence electrons. The van der Waals surface area contributed by atoms with Gasteiger partial charge in [-0.1, -0.05) is 6.42 Å². The van der Waals surface area contributed by atoms with Crippen LogP contribution in [0.3, 0.4) is 0 Å². The van der Waals surface area contributed by atoms with Gasteiger partial charge in [-0.3, -0.25) is 4.79 Å². The molecule has 2 nitrogen and oxygen atoms in total. The highest BCUT2D eigenvalue weighted by atomic mass is 16.5. The third-order valence-electron chi connectivity index (χ3n) is 3.28. The standard InChI is InChI=1S/C10H16O2/c1-7(11)12-10-5-3-8-2-4-9(10)6-8/h8-10H,2-6H2,1H3/t8-,9-,10+/m1/s1. The molecule has 0 aromatic rings. The Balaban J connectivity index is 1.93. The molecule has 3 atom stereocenters. The number of rotatable bonds is 1. The second-order valence-electron chi connectivity index (χ2n) is 4.16. The molecule has 2 rings (SSSR count). The maximum atomic E-state index is 10.8. The predicted octanol–water partition coefficient (Wildman–Crippen LogP) is 2.13. The number of carbonyl (C=O) groups is 1. The summed E-state index contributed by atoms with van der Waals surface area (Å²) >= 11 is 0. The van der Waals surface area contributed by atoms with Crippen LogP contribution < -0.4 is 0 Å². The van der Waals surface area contributed by atoms with Crippen LogP contribution in [0.15, 0.2) is 0 Å². The largest absolute Gasteiger partial charge is 0.462 e. The molecule has 0 amide bonds. The summed E-state index contributed by atoms with van der Waals surface area (Å²) in [5.74, 6) is 1.53. The van der Waals surface area contributed by atoms with Crippen molar-refractivity contribution in [2.24, 2.45) is 11.8 Å². The Kier molecular flexibility index (Phi) is 2.07. The first kappa shape index (κ1) is 8.09. The molecular weight excluding hydrogens is 152 g/mol. The first-order chi connectivity index (χ1) is 5.75. The topological polar surface area (TPSA) is 26.3 Å². The van der Waals surface area contributed by atoms with Crippen LogP contribution in [0.25, 0.3) is 0 Å². The van der Waals surface area contributed by atoms with E-state index in [1.54, 1.807) is 0 Å². The van der Waals surface area contributed by atoms with E-state index in [2.05, 4.69) is 0 Å². The van der Waals surface area contributed by atoms with Gasteiger partial charge in [0.05, 0.1) is 0 Å². The molecule has 2 saturated carbocycles. The van der Waals surface area contributed by atoms with E-state index in [9.17, 15) is 4.79 Å². The Morgan fingerprint density at radius 3 is 2.75 bits per heavy atom. The Morgan fingerprint density at radius 2 is 2.00 bits per heavy atom. The summed E-state index contributed by atoms with van der Waals surface area (Å²) < 4.78 is 5.28. The zero-order valence-electron chi connectivity index (χ0n) is 7.58. The lowest BCUT2D eigenvalue weighted by atomic mass is 9.87. The molecule has 0 unspecified atom stereocenters. The number of ether oxygens (including phenoxy) is 1. The summed E-state index contributed by atoms with van der Waals surface area (Å²) in [4.78, 5) is 10.8. The van der Waals surface area contributed by atoms with Crippen molar-refractivity contribution in [3.05, 3.63) is 0 Å². The summed E-state index contributed by atoms with van der Waals surface area (Å²) in [5, 5.41) is 0. The highest BCUT2D eigenvalue weighted by Crippen LogP contribution is 2.43. The first-order valence-electron chi connectivity index (χ1n) is 4.93. The van der Waals surface area contributed by atoms with E-state index < -0.39 is 0 Å². The van der Waals surface area contributed by atoms with Crippen molar-refractivity contribution in [1.29, 1.82) is 0 Å². The second-order valence-corrected chi connectivity index (χ2v) is 4.16. The maximum Gasteiger partial charge on any atom is 0.302 e. The second kappa shape index (κ2) is 3.08. The van der Waals surface area contributed by atoms with Crippen LogP contribution in [-0.2, 0) is 9.53 Å². The van der Waals surface area contributed by atoms with E-state index in [4.69, 9.17) is 4.74 Å². The summed E-state index contributed by atoms with van der Waals surface area (Å²) in [7, 11) is 0. The van der Waals surface area contributed by atoms with Gasteiger partial charge in [0.25, 0.3) is 0 Å². The van der Waals surface area contributed by atoms with Crippen LogP contribution >= 0.6 is 0 Å². The summed E-state index contributed by atoms with van der Waals surface area (Å²) in [6.45, 7) is 1.51. The molecule has 2 heteroatoms. The van der Waals surface area contributed by atoms with Gasteiger partial charge in [-0.15, -0.1) is 0 Å². The van der Waals surface area contributed by atoms with E-state index in [0.717, 1.165) is 12.3 Å². The third-order valence-corrected chi connectivity index (χ3v) is 3.28. The molecule has 0 aromatic carbocycles. The van der Waals surface area contributed by atoms with Crippen molar-refractivity contribution in [2.75, 3.05) is 0 Å². The van der Waals surface area contributed by atoms with E-state index >= 15 is 0 Å². The van der Waals surface area contributed by atoms with Gasteiger partial charge in [0.15, 0.2) is 0 Å². The van der Waals surface area contributed by atoms with Crippen molar-refractivity contribution in [1.82, 2.24) is 0 Å².